The zero-order chi connectivity index (χ0) is 10.8. The van der Waals surface area contributed by atoms with Gasteiger partial charge in [-0.2, -0.15) is 11.3 Å². The largest absolute Gasteiger partial charge is 0.348 e. The first-order valence-electron chi connectivity index (χ1n) is 5.16. The molecule has 0 aliphatic heterocycles. The van der Waals surface area contributed by atoms with E-state index < -0.39 is 0 Å². The molecule has 1 amide bonds. The zero-order valence-corrected chi connectivity index (χ0v) is 10.2. The normalized spacial score (nSPS) is 25.5. The van der Waals surface area contributed by atoms with Crippen molar-refractivity contribution in [3.63, 3.8) is 0 Å². The van der Waals surface area contributed by atoms with Gasteiger partial charge in [-0.05, 0) is 37.1 Å². The van der Waals surface area contributed by atoms with Crippen LogP contribution < -0.4 is 5.32 Å². The molecule has 2 atom stereocenters. The number of thiophene rings is 1. The maximum atomic E-state index is 11.9. The van der Waals surface area contributed by atoms with Crippen LogP contribution in [0.4, 0.5) is 0 Å². The predicted molar refractivity (Wildman–Crippen MR) is 63.8 cm³/mol. The highest BCUT2D eigenvalue weighted by molar-refractivity contribution is 7.08. The summed E-state index contributed by atoms with van der Waals surface area (Å²) in [6, 6.07) is 0.151. The molecule has 1 aromatic rings. The van der Waals surface area contributed by atoms with E-state index in [9.17, 15) is 4.79 Å². The Morgan fingerprint density at radius 1 is 1.53 bits per heavy atom. The summed E-state index contributed by atoms with van der Waals surface area (Å²) in [5.74, 6) is 0.0197. The van der Waals surface area contributed by atoms with Crippen molar-refractivity contribution in [1.29, 1.82) is 0 Å². The fourth-order valence-corrected chi connectivity index (χ4v) is 3.09. The highest BCUT2D eigenvalue weighted by atomic mass is 35.5. The Kier molecular flexibility index (Phi) is 3.32. The van der Waals surface area contributed by atoms with Gasteiger partial charge in [-0.15, -0.1) is 11.6 Å². The van der Waals surface area contributed by atoms with Crippen LogP contribution in [-0.4, -0.2) is 17.3 Å². The lowest BCUT2D eigenvalue weighted by Gasteiger charge is -2.15. The molecule has 0 aromatic carbocycles. The molecule has 1 fully saturated rings. The van der Waals surface area contributed by atoms with Gasteiger partial charge in [0.15, 0.2) is 0 Å². The van der Waals surface area contributed by atoms with Gasteiger partial charge in [0.25, 0.3) is 5.91 Å². The van der Waals surface area contributed by atoms with E-state index in [1.165, 1.54) is 0 Å². The fraction of sp³-hybridized carbons (Fsp3) is 0.545. The lowest BCUT2D eigenvalue weighted by atomic mass is 10.2. The van der Waals surface area contributed by atoms with Crippen molar-refractivity contribution < 1.29 is 4.79 Å². The van der Waals surface area contributed by atoms with E-state index in [-0.39, 0.29) is 17.3 Å². The van der Waals surface area contributed by atoms with Gasteiger partial charge in [-0.3, -0.25) is 4.79 Å². The number of carbonyl (C=O) groups is 1. The van der Waals surface area contributed by atoms with E-state index in [4.69, 9.17) is 11.6 Å². The SMILES string of the molecule is Cc1cscc1C(=O)NC1CCCC1Cl. The van der Waals surface area contributed by atoms with Gasteiger partial charge < -0.3 is 5.32 Å². The van der Waals surface area contributed by atoms with Crippen molar-refractivity contribution in [2.75, 3.05) is 0 Å². The van der Waals surface area contributed by atoms with Crippen LogP contribution in [0.2, 0.25) is 0 Å². The average molecular weight is 244 g/mol. The maximum absolute atomic E-state index is 11.9. The van der Waals surface area contributed by atoms with Crippen LogP contribution >= 0.6 is 22.9 Å². The molecule has 1 aromatic heterocycles. The second-order valence-corrected chi connectivity index (χ2v) is 5.30. The van der Waals surface area contributed by atoms with E-state index in [0.29, 0.717) is 0 Å². The highest BCUT2D eigenvalue weighted by Gasteiger charge is 2.27. The van der Waals surface area contributed by atoms with E-state index in [2.05, 4.69) is 5.32 Å². The van der Waals surface area contributed by atoms with Crippen LogP contribution in [0.25, 0.3) is 0 Å². The molecule has 2 rings (SSSR count). The number of hydrogen-bond acceptors (Lipinski definition) is 2. The predicted octanol–water partition coefficient (Wildman–Crippen LogP) is 2.95. The summed E-state index contributed by atoms with van der Waals surface area (Å²) in [4.78, 5) is 11.9. The third kappa shape index (κ3) is 2.34. The van der Waals surface area contributed by atoms with E-state index in [0.717, 1.165) is 30.4 Å². The second kappa shape index (κ2) is 4.54. The molecule has 0 radical (unpaired) electrons. The summed E-state index contributed by atoms with van der Waals surface area (Å²) in [5, 5.41) is 6.99. The molecule has 0 bridgehead atoms. The maximum Gasteiger partial charge on any atom is 0.252 e. The average Bonchev–Trinajstić information content (AvgIpc) is 2.76. The molecular formula is C11H14ClNOS. The van der Waals surface area contributed by atoms with Crippen LogP contribution in [0, 0.1) is 6.92 Å². The topological polar surface area (TPSA) is 29.1 Å². The minimum absolute atomic E-state index is 0.0197. The Hall–Kier alpha value is -0.540. The molecule has 2 unspecified atom stereocenters. The van der Waals surface area contributed by atoms with Crippen LogP contribution in [0.15, 0.2) is 10.8 Å². The molecule has 1 aliphatic rings. The van der Waals surface area contributed by atoms with Gasteiger partial charge in [0, 0.05) is 11.4 Å². The molecule has 1 N–H and O–H groups in total. The van der Waals surface area contributed by atoms with E-state index in [1.54, 1.807) is 11.3 Å². The molecule has 4 heteroatoms. The summed E-state index contributed by atoms with van der Waals surface area (Å²) in [6.07, 6.45) is 3.12. The number of rotatable bonds is 2. The molecule has 2 nitrogen and oxygen atoms in total. The minimum atomic E-state index is 0.0197. The first kappa shape index (κ1) is 11.0. The third-order valence-corrected chi connectivity index (χ3v) is 4.23. The van der Waals surface area contributed by atoms with Crippen molar-refractivity contribution in [3.8, 4) is 0 Å². The Labute approximate surface area is 98.6 Å². The Morgan fingerprint density at radius 2 is 2.33 bits per heavy atom. The van der Waals surface area contributed by atoms with E-state index >= 15 is 0 Å². The van der Waals surface area contributed by atoms with Gasteiger partial charge in [0.2, 0.25) is 0 Å². The number of aryl methyl sites for hydroxylation is 1. The molecule has 1 heterocycles. The van der Waals surface area contributed by atoms with Gasteiger partial charge >= 0.3 is 0 Å². The van der Waals surface area contributed by atoms with Crippen molar-refractivity contribution in [2.24, 2.45) is 0 Å². The van der Waals surface area contributed by atoms with Gasteiger partial charge in [0.05, 0.1) is 10.9 Å². The Balaban J connectivity index is 2.01. The quantitative estimate of drug-likeness (QED) is 0.795. The van der Waals surface area contributed by atoms with Crippen molar-refractivity contribution in [3.05, 3.63) is 21.9 Å². The number of alkyl halides is 1. The molecule has 0 saturated heterocycles. The zero-order valence-electron chi connectivity index (χ0n) is 8.63. The number of halogens is 1. The first-order valence-corrected chi connectivity index (χ1v) is 6.54. The number of nitrogens with one attached hydrogen (secondary N) is 1. The number of hydrogen-bond donors (Lipinski definition) is 1. The van der Waals surface area contributed by atoms with Gasteiger partial charge in [-0.1, -0.05) is 0 Å². The first-order chi connectivity index (χ1) is 7.18. The molecule has 15 heavy (non-hydrogen) atoms. The monoisotopic (exact) mass is 243 g/mol. The Morgan fingerprint density at radius 3 is 2.87 bits per heavy atom. The summed E-state index contributed by atoms with van der Waals surface area (Å²) in [6.45, 7) is 1.96. The molecule has 0 spiro atoms. The number of carbonyl (C=O) groups excluding carboxylic acids is 1. The number of amides is 1. The third-order valence-electron chi connectivity index (χ3n) is 2.85. The summed E-state index contributed by atoms with van der Waals surface area (Å²) in [5.41, 5.74) is 1.83. The van der Waals surface area contributed by atoms with Crippen LogP contribution in [0.1, 0.15) is 35.2 Å². The molecule has 1 aliphatic carbocycles. The Bertz CT molecular complexity index is 363. The lowest BCUT2D eigenvalue weighted by Crippen LogP contribution is -2.37. The molecule has 1 saturated carbocycles. The molecular weight excluding hydrogens is 230 g/mol. The van der Waals surface area contributed by atoms with E-state index in [1.807, 2.05) is 17.7 Å². The summed E-state index contributed by atoms with van der Waals surface area (Å²) < 4.78 is 0. The van der Waals surface area contributed by atoms with Crippen LogP contribution in [0.3, 0.4) is 0 Å². The van der Waals surface area contributed by atoms with Crippen LogP contribution in [-0.2, 0) is 0 Å². The summed E-state index contributed by atoms with van der Waals surface area (Å²) in [7, 11) is 0. The summed E-state index contributed by atoms with van der Waals surface area (Å²) >= 11 is 7.67. The lowest BCUT2D eigenvalue weighted by molar-refractivity contribution is 0.0938. The fourth-order valence-electron chi connectivity index (χ4n) is 1.92. The van der Waals surface area contributed by atoms with Crippen molar-refractivity contribution in [2.45, 2.75) is 37.6 Å². The van der Waals surface area contributed by atoms with Gasteiger partial charge in [-0.25, -0.2) is 0 Å². The standard InChI is InChI=1S/C11H14ClNOS/c1-7-5-15-6-8(7)11(14)13-10-4-2-3-9(10)12/h5-6,9-10H,2-4H2,1H3,(H,13,14). The smallest absolute Gasteiger partial charge is 0.252 e. The van der Waals surface area contributed by atoms with Crippen LogP contribution in [0.5, 0.6) is 0 Å². The van der Waals surface area contributed by atoms with Crippen molar-refractivity contribution >= 4 is 28.8 Å². The highest BCUT2D eigenvalue weighted by Crippen LogP contribution is 2.24. The second-order valence-electron chi connectivity index (χ2n) is 4.00. The molecule has 82 valence electrons. The van der Waals surface area contributed by atoms with Crippen molar-refractivity contribution in [1.82, 2.24) is 5.32 Å². The minimum Gasteiger partial charge on any atom is -0.348 e. The van der Waals surface area contributed by atoms with Gasteiger partial charge in [0.1, 0.15) is 0 Å².